The maximum Gasteiger partial charge on any atom is 0.297 e. The Morgan fingerprint density at radius 3 is 2.59 bits per heavy atom. The highest BCUT2D eigenvalue weighted by molar-refractivity contribution is 7.96. The first-order valence-electron chi connectivity index (χ1n) is 6.54. The number of thiol groups is 1. The van der Waals surface area contributed by atoms with Gasteiger partial charge in [0.05, 0.1) is 11.4 Å². The van der Waals surface area contributed by atoms with E-state index < -0.39 is 5.24 Å². The van der Waals surface area contributed by atoms with E-state index in [1.165, 1.54) is 18.3 Å². The van der Waals surface area contributed by atoms with Gasteiger partial charge < -0.3 is 5.32 Å². The fourth-order valence-electron chi connectivity index (χ4n) is 1.84. The lowest BCUT2D eigenvalue weighted by Crippen LogP contribution is -2.33. The fourth-order valence-corrected chi connectivity index (χ4v) is 2.74. The van der Waals surface area contributed by atoms with Gasteiger partial charge in [-0.3, -0.25) is 9.59 Å². The van der Waals surface area contributed by atoms with Crippen molar-refractivity contribution >= 4 is 45.9 Å². The second kappa shape index (κ2) is 7.39. The monoisotopic (exact) mass is 336 g/mol. The molecule has 3 N–H and O–H groups in total. The molecule has 8 heteroatoms. The van der Waals surface area contributed by atoms with E-state index in [1.807, 2.05) is 17.5 Å². The number of nitrogens with two attached hydrogens (primary N) is 1. The molecule has 2 aromatic rings. The van der Waals surface area contributed by atoms with Crippen molar-refractivity contribution < 1.29 is 9.59 Å². The summed E-state index contributed by atoms with van der Waals surface area (Å²) in [5.41, 5.74) is 2.63. The molecular weight excluding hydrogens is 320 g/mol. The number of nitrogens with zero attached hydrogens (tertiary/aromatic N) is 2. The molecule has 1 aromatic heterocycles. The van der Waals surface area contributed by atoms with E-state index in [1.54, 1.807) is 12.1 Å². The fraction of sp³-hybridized carbons (Fsp3) is 0.214. The first-order chi connectivity index (χ1) is 10.5. The number of carbonyl (C=O) groups excluding carboxylic acids is 2. The van der Waals surface area contributed by atoms with Crippen LogP contribution in [0.15, 0.2) is 29.6 Å². The van der Waals surface area contributed by atoms with Crippen LogP contribution >= 0.6 is 24.0 Å². The van der Waals surface area contributed by atoms with E-state index in [9.17, 15) is 9.59 Å². The first-order valence-corrected chi connectivity index (χ1v) is 7.87. The number of anilines is 2. The van der Waals surface area contributed by atoms with E-state index in [-0.39, 0.29) is 5.91 Å². The molecule has 0 radical (unpaired) electrons. The van der Waals surface area contributed by atoms with Gasteiger partial charge in [-0.2, -0.15) is 0 Å². The molecule has 0 unspecified atom stereocenters. The summed E-state index contributed by atoms with van der Waals surface area (Å²) in [6, 6.07) is 7.36. The van der Waals surface area contributed by atoms with Crippen LogP contribution in [0.2, 0.25) is 0 Å². The van der Waals surface area contributed by atoms with E-state index in [4.69, 9.17) is 5.84 Å². The molecule has 0 aliphatic carbocycles. The number of amides is 2. The summed E-state index contributed by atoms with van der Waals surface area (Å²) in [4.78, 5) is 26.3. The molecule has 0 aliphatic heterocycles. The van der Waals surface area contributed by atoms with E-state index in [2.05, 4.69) is 22.9 Å². The van der Waals surface area contributed by atoms with E-state index >= 15 is 0 Å². The number of hydrogen-bond acceptors (Lipinski definition) is 5. The molecule has 0 saturated heterocycles. The molecule has 0 saturated carbocycles. The zero-order chi connectivity index (χ0) is 16.1. The van der Waals surface area contributed by atoms with Crippen LogP contribution in [0.4, 0.5) is 15.6 Å². The molecule has 0 fully saturated rings. The summed E-state index contributed by atoms with van der Waals surface area (Å²) in [5.74, 6) is 5.44. The zero-order valence-corrected chi connectivity index (χ0v) is 13.7. The van der Waals surface area contributed by atoms with Crippen LogP contribution in [0.1, 0.15) is 18.2 Å². The van der Waals surface area contributed by atoms with Crippen molar-refractivity contribution in [3.63, 3.8) is 0 Å². The zero-order valence-electron chi connectivity index (χ0n) is 11.9. The molecule has 0 aliphatic rings. The Bertz CT molecular complexity index is 670. The number of aryl methyl sites for hydroxylation is 2. The van der Waals surface area contributed by atoms with Crippen molar-refractivity contribution in [1.29, 1.82) is 0 Å². The van der Waals surface area contributed by atoms with Crippen LogP contribution in [-0.4, -0.2) is 16.1 Å². The predicted octanol–water partition coefficient (Wildman–Crippen LogP) is 2.62. The maximum atomic E-state index is 11.0. The Morgan fingerprint density at radius 1 is 1.32 bits per heavy atom. The summed E-state index contributed by atoms with van der Waals surface area (Å²) < 4.78 is 0. The third-order valence-corrected chi connectivity index (χ3v) is 3.95. The van der Waals surface area contributed by atoms with Gasteiger partial charge in [0, 0.05) is 12.3 Å². The average Bonchev–Trinajstić information content (AvgIpc) is 2.91. The summed E-state index contributed by atoms with van der Waals surface area (Å²) >= 11 is 5.08. The first kappa shape index (κ1) is 16.5. The van der Waals surface area contributed by atoms with Crippen LogP contribution in [-0.2, 0) is 17.6 Å². The van der Waals surface area contributed by atoms with Gasteiger partial charge in [-0.15, -0.1) is 11.3 Å². The Morgan fingerprint density at radius 2 is 2.00 bits per heavy atom. The lowest BCUT2D eigenvalue weighted by atomic mass is 10.1. The van der Waals surface area contributed by atoms with Gasteiger partial charge in [-0.1, -0.05) is 24.8 Å². The van der Waals surface area contributed by atoms with Crippen LogP contribution < -0.4 is 16.2 Å². The molecule has 0 bridgehead atoms. The van der Waals surface area contributed by atoms with Gasteiger partial charge >= 0.3 is 0 Å². The molecule has 0 spiro atoms. The highest BCUT2D eigenvalue weighted by Gasteiger charge is 2.07. The van der Waals surface area contributed by atoms with Crippen molar-refractivity contribution in [1.82, 2.24) is 4.98 Å². The van der Waals surface area contributed by atoms with Crippen LogP contribution in [0.5, 0.6) is 0 Å². The molecule has 116 valence electrons. The number of benzene rings is 1. The number of hydrogen-bond donors (Lipinski definition) is 3. The van der Waals surface area contributed by atoms with Gasteiger partial charge in [0.1, 0.15) is 0 Å². The molecule has 1 aromatic carbocycles. The third-order valence-electron chi connectivity index (χ3n) is 2.93. The van der Waals surface area contributed by atoms with Crippen molar-refractivity contribution in [2.24, 2.45) is 5.84 Å². The quantitative estimate of drug-likeness (QED) is 0.339. The predicted molar refractivity (Wildman–Crippen MR) is 91.3 cm³/mol. The number of nitrogens with one attached hydrogen (secondary N) is 1. The van der Waals surface area contributed by atoms with Gasteiger partial charge in [-0.05, 0) is 30.5 Å². The second-order valence-electron chi connectivity index (χ2n) is 4.64. The minimum absolute atomic E-state index is 0.124. The Labute approximate surface area is 137 Å². The molecular formula is C14H16N4O2S2. The Kier molecular flexibility index (Phi) is 5.53. The second-order valence-corrected chi connectivity index (χ2v) is 5.88. The van der Waals surface area contributed by atoms with Gasteiger partial charge in [0.25, 0.3) is 5.24 Å². The lowest BCUT2D eigenvalue weighted by molar-refractivity contribution is -0.114. The molecule has 1 heterocycles. The van der Waals surface area contributed by atoms with E-state index in [0.29, 0.717) is 10.8 Å². The van der Waals surface area contributed by atoms with Crippen molar-refractivity contribution in [2.75, 3.05) is 10.3 Å². The maximum absolute atomic E-state index is 11.0. The normalized spacial score (nSPS) is 10.3. The van der Waals surface area contributed by atoms with Gasteiger partial charge in [-0.25, -0.2) is 15.8 Å². The number of aromatic nitrogens is 1. The highest BCUT2D eigenvalue weighted by Crippen LogP contribution is 2.18. The largest absolute Gasteiger partial charge is 0.302 e. The van der Waals surface area contributed by atoms with Crippen LogP contribution in [0.3, 0.4) is 0 Å². The summed E-state index contributed by atoms with van der Waals surface area (Å²) in [7, 11) is 0. The molecule has 0 atom stereocenters. The highest BCUT2D eigenvalue weighted by atomic mass is 32.1. The number of carbonyl (C=O) groups is 2. The molecule has 2 rings (SSSR count). The SMILES string of the molecule is CC(=O)Nc1nc(CCc2ccc(N(N)C(=O)S)cc2)cs1. The number of hydrazine groups is 1. The Balaban J connectivity index is 1.93. The minimum Gasteiger partial charge on any atom is -0.302 e. The molecule has 22 heavy (non-hydrogen) atoms. The third kappa shape index (κ3) is 4.55. The number of thiazole rings is 1. The van der Waals surface area contributed by atoms with Crippen LogP contribution in [0.25, 0.3) is 0 Å². The van der Waals surface area contributed by atoms with Crippen molar-refractivity contribution in [3.05, 3.63) is 40.9 Å². The van der Waals surface area contributed by atoms with E-state index in [0.717, 1.165) is 29.1 Å². The smallest absolute Gasteiger partial charge is 0.297 e. The number of rotatable bonds is 5. The molecule has 2 amide bonds. The standard InChI is InChI=1S/C14H16N4O2S2/c1-9(19)16-13-17-11(8-22-13)5-2-10-3-6-12(7-4-10)18(15)14(20)21/h3-4,6-8H,2,5,15H2,1H3,(H,20,21)(H,16,17,19). The Hall–Kier alpha value is -1.90. The average molecular weight is 336 g/mol. The van der Waals surface area contributed by atoms with Gasteiger partial charge in [0.15, 0.2) is 5.13 Å². The summed E-state index contributed by atoms with van der Waals surface area (Å²) in [6.07, 6.45) is 1.58. The summed E-state index contributed by atoms with van der Waals surface area (Å²) in [6.45, 7) is 1.46. The van der Waals surface area contributed by atoms with Crippen molar-refractivity contribution in [2.45, 2.75) is 19.8 Å². The minimum atomic E-state index is -0.513. The van der Waals surface area contributed by atoms with Gasteiger partial charge in [0.2, 0.25) is 5.91 Å². The van der Waals surface area contributed by atoms with Crippen molar-refractivity contribution in [3.8, 4) is 0 Å². The van der Waals surface area contributed by atoms with Crippen LogP contribution in [0, 0.1) is 0 Å². The summed E-state index contributed by atoms with van der Waals surface area (Å²) in [5, 5.41) is 5.68. The topological polar surface area (TPSA) is 88.3 Å². The molecule has 6 nitrogen and oxygen atoms in total. The lowest BCUT2D eigenvalue weighted by Gasteiger charge is -2.13.